The van der Waals surface area contributed by atoms with Crippen LogP contribution in [-0.4, -0.2) is 6.21 Å². The molecule has 0 fully saturated rings. The van der Waals surface area contributed by atoms with Gasteiger partial charge in [0, 0.05) is 12.1 Å². The third-order valence-corrected chi connectivity index (χ3v) is 2.59. The number of benzene rings is 2. The van der Waals surface area contributed by atoms with Gasteiger partial charge in [0.05, 0.1) is 5.69 Å². The van der Waals surface area contributed by atoms with E-state index in [-0.39, 0.29) is 0 Å². The lowest BCUT2D eigenvalue weighted by atomic mass is 10.0. The van der Waals surface area contributed by atoms with E-state index in [1.54, 1.807) is 0 Å². The minimum Gasteiger partial charge on any atom is -0.279 e. The van der Waals surface area contributed by atoms with E-state index in [2.05, 4.69) is 29.6 Å². The molecule has 0 aliphatic carbocycles. The fourth-order valence-corrected chi connectivity index (χ4v) is 1.58. The summed E-state index contributed by atoms with van der Waals surface area (Å²) in [5, 5.41) is 4.24. The van der Waals surface area contributed by atoms with E-state index in [0.29, 0.717) is 5.92 Å². The summed E-state index contributed by atoms with van der Waals surface area (Å²) < 4.78 is 0. The smallest absolute Gasteiger partial charge is 0.0561 e. The van der Waals surface area contributed by atoms with Crippen molar-refractivity contribution >= 4 is 11.9 Å². The Labute approximate surface area is 102 Å². The summed E-state index contributed by atoms with van der Waals surface area (Å²) in [6, 6.07) is 20.3. The van der Waals surface area contributed by atoms with E-state index in [4.69, 9.17) is 0 Å². The van der Waals surface area contributed by atoms with Gasteiger partial charge in [-0.2, -0.15) is 5.10 Å². The summed E-state index contributed by atoms with van der Waals surface area (Å²) in [5.74, 6) is 0.312. The first-order valence-corrected chi connectivity index (χ1v) is 5.75. The first-order chi connectivity index (χ1) is 8.36. The predicted octanol–water partition coefficient (Wildman–Crippen LogP) is 3.89. The minimum absolute atomic E-state index is 0.312. The largest absolute Gasteiger partial charge is 0.279 e. The molecule has 0 saturated heterocycles. The number of nitrogens with one attached hydrogen (secondary N) is 1. The fourth-order valence-electron chi connectivity index (χ4n) is 1.58. The molecule has 2 aromatic carbocycles. The molecule has 0 spiro atoms. The minimum atomic E-state index is 0.312. The van der Waals surface area contributed by atoms with Gasteiger partial charge in [-0.1, -0.05) is 55.5 Å². The first kappa shape index (κ1) is 11.4. The van der Waals surface area contributed by atoms with E-state index in [0.717, 1.165) is 5.69 Å². The maximum absolute atomic E-state index is 4.24. The average Bonchev–Trinajstić information content (AvgIpc) is 2.41. The number of hydrazone groups is 1. The molecule has 2 aromatic rings. The molecule has 1 N–H and O–H groups in total. The number of anilines is 1. The van der Waals surface area contributed by atoms with Gasteiger partial charge in [-0.3, -0.25) is 5.43 Å². The van der Waals surface area contributed by atoms with Gasteiger partial charge in [-0.25, -0.2) is 0 Å². The van der Waals surface area contributed by atoms with Gasteiger partial charge in [0.1, 0.15) is 0 Å². The van der Waals surface area contributed by atoms with Crippen LogP contribution in [0.4, 0.5) is 5.69 Å². The Balaban J connectivity index is 1.93. The molecule has 86 valence electrons. The monoisotopic (exact) mass is 224 g/mol. The van der Waals surface area contributed by atoms with Gasteiger partial charge in [-0.15, -0.1) is 0 Å². The van der Waals surface area contributed by atoms with Crippen molar-refractivity contribution in [3.05, 3.63) is 66.2 Å². The number of hydrogen-bond donors (Lipinski definition) is 1. The lowest BCUT2D eigenvalue weighted by Crippen LogP contribution is -1.97. The van der Waals surface area contributed by atoms with Crippen LogP contribution in [0.2, 0.25) is 0 Å². The molecule has 0 amide bonds. The normalized spacial score (nSPS) is 12.5. The Morgan fingerprint density at radius 1 is 0.941 bits per heavy atom. The van der Waals surface area contributed by atoms with Crippen LogP contribution in [0.5, 0.6) is 0 Å². The van der Waals surface area contributed by atoms with Crippen LogP contribution in [0.25, 0.3) is 0 Å². The summed E-state index contributed by atoms with van der Waals surface area (Å²) >= 11 is 0. The molecule has 1 atom stereocenters. The topological polar surface area (TPSA) is 24.4 Å². The molecule has 17 heavy (non-hydrogen) atoms. The first-order valence-electron chi connectivity index (χ1n) is 5.75. The van der Waals surface area contributed by atoms with Crippen LogP contribution in [0.1, 0.15) is 18.4 Å². The highest BCUT2D eigenvalue weighted by molar-refractivity contribution is 5.68. The van der Waals surface area contributed by atoms with Crippen LogP contribution >= 0.6 is 0 Å². The van der Waals surface area contributed by atoms with Crippen LogP contribution in [-0.2, 0) is 0 Å². The maximum Gasteiger partial charge on any atom is 0.0561 e. The van der Waals surface area contributed by atoms with Crippen molar-refractivity contribution in [1.82, 2.24) is 0 Å². The second-order valence-corrected chi connectivity index (χ2v) is 3.96. The van der Waals surface area contributed by atoms with Crippen molar-refractivity contribution in [2.45, 2.75) is 12.8 Å². The van der Waals surface area contributed by atoms with Crippen LogP contribution in [0.3, 0.4) is 0 Å². The zero-order chi connectivity index (χ0) is 11.9. The zero-order valence-electron chi connectivity index (χ0n) is 9.88. The Morgan fingerprint density at radius 3 is 2.18 bits per heavy atom. The lowest BCUT2D eigenvalue weighted by molar-refractivity contribution is 1.04. The van der Waals surface area contributed by atoms with Crippen molar-refractivity contribution in [2.75, 3.05) is 5.43 Å². The number of para-hydroxylation sites is 1. The molecule has 0 aliphatic rings. The average molecular weight is 224 g/mol. The fraction of sp³-hybridized carbons (Fsp3) is 0.133. The highest BCUT2D eigenvalue weighted by atomic mass is 15.3. The molecule has 0 aromatic heterocycles. The van der Waals surface area contributed by atoms with Crippen LogP contribution < -0.4 is 5.43 Å². The van der Waals surface area contributed by atoms with Gasteiger partial charge in [0.25, 0.3) is 0 Å². The van der Waals surface area contributed by atoms with Crippen molar-refractivity contribution in [2.24, 2.45) is 5.10 Å². The molecule has 0 heterocycles. The number of hydrogen-bond acceptors (Lipinski definition) is 2. The van der Waals surface area contributed by atoms with E-state index in [1.807, 2.05) is 54.7 Å². The SMILES string of the molecule is CC(C=NNc1ccccc1)c1ccccc1. The quantitative estimate of drug-likeness (QED) is 0.618. The lowest BCUT2D eigenvalue weighted by Gasteiger charge is -2.05. The highest BCUT2D eigenvalue weighted by Gasteiger charge is 1.99. The molecule has 0 radical (unpaired) electrons. The van der Waals surface area contributed by atoms with E-state index < -0.39 is 0 Å². The van der Waals surface area contributed by atoms with Gasteiger partial charge in [0.15, 0.2) is 0 Å². The summed E-state index contributed by atoms with van der Waals surface area (Å²) in [7, 11) is 0. The maximum atomic E-state index is 4.24. The summed E-state index contributed by atoms with van der Waals surface area (Å²) in [6.07, 6.45) is 1.92. The third-order valence-electron chi connectivity index (χ3n) is 2.59. The molecule has 2 heteroatoms. The van der Waals surface area contributed by atoms with Crippen molar-refractivity contribution in [3.8, 4) is 0 Å². The second-order valence-electron chi connectivity index (χ2n) is 3.96. The Hall–Kier alpha value is -2.09. The third kappa shape index (κ3) is 3.45. The number of rotatable bonds is 4. The summed E-state index contributed by atoms with van der Waals surface area (Å²) in [4.78, 5) is 0. The summed E-state index contributed by atoms with van der Waals surface area (Å²) in [6.45, 7) is 2.13. The summed E-state index contributed by atoms with van der Waals surface area (Å²) in [5.41, 5.74) is 5.29. The molecule has 2 rings (SSSR count). The molecule has 0 bridgehead atoms. The van der Waals surface area contributed by atoms with E-state index in [9.17, 15) is 0 Å². The highest BCUT2D eigenvalue weighted by Crippen LogP contribution is 2.12. The van der Waals surface area contributed by atoms with Gasteiger partial charge < -0.3 is 0 Å². The van der Waals surface area contributed by atoms with Crippen LogP contribution in [0, 0.1) is 0 Å². The van der Waals surface area contributed by atoms with Crippen molar-refractivity contribution in [1.29, 1.82) is 0 Å². The Morgan fingerprint density at radius 2 is 1.53 bits per heavy atom. The van der Waals surface area contributed by atoms with Crippen molar-refractivity contribution in [3.63, 3.8) is 0 Å². The molecular formula is C15H16N2. The van der Waals surface area contributed by atoms with Gasteiger partial charge in [-0.05, 0) is 17.7 Å². The predicted molar refractivity (Wildman–Crippen MR) is 73.4 cm³/mol. The standard InChI is InChI=1S/C15H16N2/c1-13(14-8-4-2-5-9-14)12-16-17-15-10-6-3-7-11-15/h2-13,17H,1H3. The van der Waals surface area contributed by atoms with Crippen molar-refractivity contribution < 1.29 is 0 Å². The molecule has 1 unspecified atom stereocenters. The van der Waals surface area contributed by atoms with E-state index in [1.165, 1.54) is 5.56 Å². The Bertz CT molecular complexity index is 463. The zero-order valence-corrected chi connectivity index (χ0v) is 9.88. The molecule has 0 aliphatic heterocycles. The Kier molecular flexibility index (Phi) is 3.92. The van der Waals surface area contributed by atoms with Crippen LogP contribution in [0.15, 0.2) is 65.8 Å². The van der Waals surface area contributed by atoms with E-state index >= 15 is 0 Å². The molecular weight excluding hydrogens is 208 g/mol. The van der Waals surface area contributed by atoms with Gasteiger partial charge in [0.2, 0.25) is 0 Å². The molecule has 2 nitrogen and oxygen atoms in total. The van der Waals surface area contributed by atoms with Gasteiger partial charge >= 0.3 is 0 Å². The second kappa shape index (κ2) is 5.85. The number of nitrogens with zero attached hydrogens (tertiary/aromatic N) is 1. The molecule has 0 saturated carbocycles.